The van der Waals surface area contributed by atoms with E-state index in [0.717, 1.165) is 43.1 Å². The lowest BCUT2D eigenvalue weighted by Gasteiger charge is -2.30. The normalized spacial score (nSPS) is 16.4. The Morgan fingerprint density at radius 2 is 2.16 bits per heavy atom. The molecule has 0 spiro atoms. The second-order valence-electron chi connectivity index (χ2n) is 5.23. The molecule has 1 N–H and O–H groups in total. The number of methoxy groups -OCH3 is 1. The SMILES string of the molecule is COCc1cccc(NC(=O)N2CCC(C)CC2)c1. The first-order chi connectivity index (χ1) is 9.19. The van der Waals surface area contributed by atoms with Gasteiger partial charge in [-0.15, -0.1) is 0 Å². The van der Waals surface area contributed by atoms with E-state index in [-0.39, 0.29) is 6.03 Å². The molecule has 1 fully saturated rings. The molecular formula is C15H22N2O2. The Morgan fingerprint density at radius 3 is 2.84 bits per heavy atom. The number of amides is 2. The van der Waals surface area contributed by atoms with Crippen LogP contribution in [0.4, 0.5) is 10.5 Å². The summed E-state index contributed by atoms with van der Waals surface area (Å²) in [6.07, 6.45) is 2.19. The Hall–Kier alpha value is -1.55. The van der Waals surface area contributed by atoms with Gasteiger partial charge in [-0.2, -0.15) is 0 Å². The third kappa shape index (κ3) is 3.96. The van der Waals surface area contributed by atoms with E-state index in [9.17, 15) is 4.79 Å². The van der Waals surface area contributed by atoms with Gasteiger partial charge in [0.25, 0.3) is 0 Å². The van der Waals surface area contributed by atoms with Crippen LogP contribution in [0.3, 0.4) is 0 Å². The summed E-state index contributed by atoms with van der Waals surface area (Å²) in [4.78, 5) is 14.0. The Labute approximate surface area is 114 Å². The predicted octanol–water partition coefficient (Wildman–Crippen LogP) is 3.10. The van der Waals surface area contributed by atoms with E-state index in [4.69, 9.17) is 4.74 Å². The maximum Gasteiger partial charge on any atom is 0.321 e. The van der Waals surface area contributed by atoms with Crippen LogP contribution in [-0.4, -0.2) is 31.1 Å². The van der Waals surface area contributed by atoms with Gasteiger partial charge in [-0.1, -0.05) is 19.1 Å². The molecule has 1 heterocycles. The smallest absolute Gasteiger partial charge is 0.321 e. The molecular weight excluding hydrogens is 240 g/mol. The Morgan fingerprint density at radius 1 is 1.42 bits per heavy atom. The third-order valence-electron chi connectivity index (χ3n) is 3.56. The number of nitrogens with one attached hydrogen (secondary N) is 1. The average molecular weight is 262 g/mol. The zero-order valence-electron chi connectivity index (χ0n) is 11.7. The predicted molar refractivity (Wildman–Crippen MR) is 76.1 cm³/mol. The van der Waals surface area contributed by atoms with Crippen molar-refractivity contribution >= 4 is 11.7 Å². The van der Waals surface area contributed by atoms with Gasteiger partial charge in [0.05, 0.1) is 6.61 Å². The summed E-state index contributed by atoms with van der Waals surface area (Å²) >= 11 is 0. The molecule has 1 aliphatic heterocycles. The van der Waals surface area contributed by atoms with Crippen LogP contribution in [0.25, 0.3) is 0 Å². The van der Waals surface area contributed by atoms with Crippen LogP contribution in [0.5, 0.6) is 0 Å². The second-order valence-corrected chi connectivity index (χ2v) is 5.23. The zero-order valence-corrected chi connectivity index (χ0v) is 11.7. The number of hydrogen-bond acceptors (Lipinski definition) is 2. The van der Waals surface area contributed by atoms with Gasteiger partial charge < -0.3 is 15.0 Å². The number of likely N-dealkylation sites (tertiary alicyclic amines) is 1. The van der Waals surface area contributed by atoms with Crippen LogP contribution in [0.15, 0.2) is 24.3 Å². The molecule has 0 saturated carbocycles. The number of carbonyl (C=O) groups excluding carboxylic acids is 1. The molecule has 0 atom stereocenters. The van der Waals surface area contributed by atoms with Crippen LogP contribution in [0.2, 0.25) is 0 Å². The fourth-order valence-corrected chi connectivity index (χ4v) is 2.32. The van der Waals surface area contributed by atoms with E-state index in [1.165, 1.54) is 0 Å². The third-order valence-corrected chi connectivity index (χ3v) is 3.56. The first-order valence-corrected chi connectivity index (χ1v) is 6.83. The quantitative estimate of drug-likeness (QED) is 0.909. The monoisotopic (exact) mass is 262 g/mol. The highest BCUT2D eigenvalue weighted by Crippen LogP contribution is 2.18. The van der Waals surface area contributed by atoms with Gasteiger partial charge >= 0.3 is 6.03 Å². The zero-order chi connectivity index (χ0) is 13.7. The van der Waals surface area contributed by atoms with E-state index < -0.39 is 0 Å². The number of piperidine rings is 1. The van der Waals surface area contributed by atoms with Crippen molar-refractivity contribution in [3.63, 3.8) is 0 Å². The molecule has 1 aromatic rings. The molecule has 1 aromatic carbocycles. The van der Waals surface area contributed by atoms with Gasteiger partial charge in [0.15, 0.2) is 0 Å². The van der Waals surface area contributed by atoms with Gasteiger partial charge in [0, 0.05) is 25.9 Å². The highest BCUT2D eigenvalue weighted by molar-refractivity contribution is 5.89. The number of carbonyl (C=O) groups is 1. The van der Waals surface area contributed by atoms with Gasteiger partial charge in [0.2, 0.25) is 0 Å². The van der Waals surface area contributed by atoms with Crippen molar-refractivity contribution in [2.45, 2.75) is 26.4 Å². The van der Waals surface area contributed by atoms with Crippen LogP contribution < -0.4 is 5.32 Å². The number of rotatable bonds is 3. The fraction of sp³-hybridized carbons (Fsp3) is 0.533. The van der Waals surface area contributed by atoms with Crippen molar-refractivity contribution in [1.82, 2.24) is 4.90 Å². The van der Waals surface area contributed by atoms with Crippen LogP contribution in [0, 0.1) is 5.92 Å². The molecule has 2 rings (SSSR count). The van der Waals surface area contributed by atoms with Gasteiger partial charge in [-0.25, -0.2) is 4.79 Å². The minimum Gasteiger partial charge on any atom is -0.380 e. The number of nitrogens with zero attached hydrogens (tertiary/aromatic N) is 1. The Bertz CT molecular complexity index is 426. The van der Waals surface area contributed by atoms with E-state index in [2.05, 4.69) is 12.2 Å². The molecule has 104 valence electrons. The summed E-state index contributed by atoms with van der Waals surface area (Å²) in [5.41, 5.74) is 1.89. The first-order valence-electron chi connectivity index (χ1n) is 6.83. The van der Waals surface area contributed by atoms with E-state index in [1.54, 1.807) is 7.11 Å². The molecule has 0 radical (unpaired) electrons. The molecule has 0 unspecified atom stereocenters. The van der Waals surface area contributed by atoms with Gasteiger partial charge in [0.1, 0.15) is 0 Å². The molecule has 2 amide bonds. The molecule has 19 heavy (non-hydrogen) atoms. The second kappa shape index (κ2) is 6.57. The molecule has 0 aromatic heterocycles. The number of benzene rings is 1. The largest absolute Gasteiger partial charge is 0.380 e. The van der Waals surface area contributed by atoms with Crippen molar-refractivity contribution < 1.29 is 9.53 Å². The fourth-order valence-electron chi connectivity index (χ4n) is 2.32. The minimum atomic E-state index is 0.00136. The highest BCUT2D eigenvalue weighted by atomic mass is 16.5. The molecule has 0 aliphatic carbocycles. The van der Waals surface area contributed by atoms with Crippen LogP contribution in [0.1, 0.15) is 25.3 Å². The standard InChI is InChI=1S/C15H22N2O2/c1-12-6-8-17(9-7-12)15(18)16-14-5-3-4-13(10-14)11-19-2/h3-5,10,12H,6-9,11H2,1-2H3,(H,16,18). The van der Waals surface area contributed by atoms with Gasteiger partial charge in [-0.05, 0) is 36.5 Å². The molecule has 1 aliphatic rings. The minimum absolute atomic E-state index is 0.00136. The highest BCUT2D eigenvalue weighted by Gasteiger charge is 2.20. The summed E-state index contributed by atoms with van der Waals surface area (Å²) in [5.74, 6) is 0.731. The lowest BCUT2D eigenvalue weighted by Crippen LogP contribution is -2.40. The molecule has 0 bridgehead atoms. The number of ether oxygens (including phenoxy) is 1. The average Bonchev–Trinajstić information content (AvgIpc) is 2.40. The van der Waals surface area contributed by atoms with E-state index in [0.29, 0.717) is 6.61 Å². The summed E-state index contributed by atoms with van der Waals surface area (Å²) in [6, 6.07) is 7.78. The van der Waals surface area contributed by atoms with Crippen molar-refractivity contribution in [1.29, 1.82) is 0 Å². The molecule has 4 heteroatoms. The van der Waals surface area contributed by atoms with Crippen molar-refractivity contribution in [3.8, 4) is 0 Å². The van der Waals surface area contributed by atoms with Crippen molar-refractivity contribution in [3.05, 3.63) is 29.8 Å². The number of urea groups is 1. The van der Waals surface area contributed by atoms with E-state index in [1.807, 2.05) is 29.2 Å². The molecule has 1 saturated heterocycles. The Balaban J connectivity index is 1.93. The maximum atomic E-state index is 12.1. The topological polar surface area (TPSA) is 41.6 Å². The van der Waals surface area contributed by atoms with E-state index >= 15 is 0 Å². The van der Waals surface area contributed by atoms with Gasteiger partial charge in [-0.3, -0.25) is 0 Å². The molecule has 4 nitrogen and oxygen atoms in total. The number of hydrogen-bond donors (Lipinski definition) is 1. The first kappa shape index (κ1) is 13.9. The lowest BCUT2D eigenvalue weighted by molar-refractivity contribution is 0.184. The van der Waals surface area contributed by atoms with Crippen molar-refractivity contribution in [2.24, 2.45) is 5.92 Å². The Kier molecular flexibility index (Phi) is 4.80. The van der Waals surface area contributed by atoms with Crippen LogP contribution >= 0.6 is 0 Å². The van der Waals surface area contributed by atoms with Crippen LogP contribution in [-0.2, 0) is 11.3 Å². The summed E-state index contributed by atoms with van der Waals surface area (Å²) in [5, 5.41) is 2.96. The maximum absolute atomic E-state index is 12.1. The van der Waals surface area contributed by atoms with Crippen molar-refractivity contribution in [2.75, 3.05) is 25.5 Å². The number of anilines is 1. The lowest BCUT2D eigenvalue weighted by atomic mass is 10.00. The summed E-state index contributed by atoms with van der Waals surface area (Å²) < 4.78 is 5.09. The summed E-state index contributed by atoms with van der Waals surface area (Å²) in [6.45, 7) is 4.50. The summed E-state index contributed by atoms with van der Waals surface area (Å²) in [7, 11) is 1.67.